The van der Waals surface area contributed by atoms with E-state index >= 15 is 0 Å². The van der Waals surface area contributed by atoms with Gasteiger partial charge in [0.2, 0.25) is 5.91 Å². The number of carbonyl (C=O) groups excluding carboxylic acids is 2. The Hall–Kier alpha value is -4.14. The summed E-state index contributed by atoms with van der Waals surface area (Å²) in [4.78, 5) is 36.5. The van der Waals surface area contributed by atoms with E-state index in [9.17, 15) is 19.5 Å². The maximum absolute atomic E-state index is 12.6. The second-order valence-electron chi connectivity index (χ2n) is 8.08. The van der Waals surface area contributed by atoms with Crippen LogP contribution in [-0.4, -0.2) is 45.5 Å². The fourth-order valence-corrected chi connectivity index (χ4v) is 4.28. The molecular weight excluding hydrogens is 436 g/mol. The van der Waals surface area contributed by atoms with Gasteiger partial charge in [-0.25, -0.2) is 9.59 Å². The summed E-state index contributed by atoms with van der Waals surface area (Å²) < 4.78 is 6.91. The van der Waals surface area contributed by atoms with Gasteiger partial charge in [0.05, 0.1) is 18.4 Å². The van der Waals surface area contributed by atoms with E-state index in [4.69, 9.17) is 4.74 Å². The van der Waals surface area contributed by atoms with Crippen LogP contribution in [0.25, 0.3) is 11.1 Å². The largest absolute Gasteiger partial charge is 0.478 e. The first-order chi connectivity index (χ1) is 16.4. The average molecular weight is 463 g/mol. The molecule has 2 aromatic carbocycles. The van der Waals surface area contributed by atoms with Crippen LogP contribution in [0.15, 0.2) is 54.7 Å². The van der Waals surface area contributed by atoms with E-state index in [0.29, 0.717) is 12.1 Å². The molecule has 0 spiro atoms. The molecule has 3 N–H and O–H groups in total. The number of carboxylic acids is 1. The minimum Gasteiger partial charge on any atom is -0.478 e. The second-order valence-corrected chi connectivity index (χ2v) is 8.08. The van der Waals surface area contributed by atoms with Gasteiger partial charge in [-0.1, -0.05) is 55.5 Å². The Balaban J connectivity index is 1.36. The van der Waals surface area contributed by atoms with Crippen LogP contribution < -0.4 is 10.6 Å². The molecule has 34 heavy (non-hydrogen) atoms. The Morgan fingerprint density at radius 2 is 1.71 bits per heavy atom. The second kappa shape index (κ2) is 9.78. The summed E-state index contributed by atoms with van der Waals surface area (Å²) in [5.74, 6) is -1.64. The van der Waals surface area contributed by atoms with Crippen molar-refractivity contribution in [2.24, 2.45) is 7.05 Å². The van der Waals surface area contributed by atoms with Crippen molar-refractivity contribution >= 4 is 18.0 Å². The Bertz CT molecular complexity index is 1190. The quantitative estimate of drug-likeness (QED) is 0.473. The van der Waals surface area contributed by atoms with Crippen LogP contribution in [0.4, 0.5) is 4.79 Å². The lowest BCUT2D eigenvalue weighted by Gasteiger charge is -2.19. The molecule has 9 heteroatoms. The summed E-state index contributed by atoms with van der Waals surface area (Å²) in [7, 11) is 1.60. The van der Waals surface area contributed by atoms with Crippen LogP contribution in [0, 0.1) is 0 Å². The molecule has 0 bridgehead atoms. The number of ether oxygens (including phenoxy) is 1. The van der Waals surface area contributed by atoms with Crippen LogP contribution >= 0.6 is 0 Å². The number of amides is 2. The number of alkyl carbamates (subject to hydrolysis) is 1. The monoisotopic (exact) mass is 462 g/mol. The summed E-state index contributed by atoms with van der Waals surface area (Å²) in [5, 5.41) is 18.4. The summed E-state index contributed by atoms with van der Waals surface area (Å²) >= 11 is 0. The third kappa shape index (κ3) is 4.50. The molecule has 0 saturated carbocycles. The van der Waals surface area contributed by atoms with Crippen molar-refractivity contribution in [3.63, 3.8) is 0 Å². The molecule has 1 aromatic heterocycles. The molecule has 2 amide bonds. The van der Waals surface area contributed by atoms with Crippen LogP contribution in [0.1, 0.15) is 46.4 Å². The normalized spacial score (nSPS) is 13.0. The Morgan fingerprint density at radius 3 is 2.29 bits per heavy atom. The minimum atomic E-state index is -1.12. The summed E-state index contributed by atoms with van der Waals surface area (Å²) in [6, 6.07) is 15.3. The highest BCUT2D eigenvalue weighted by molar-refractivity contribution is 5.89. The zero-order valence-electron chi connectivity index (χ0n) is 18.9. The van der Waals surface area contributed by atoms with Crippen molar-refractivity contribution in [2.45, 2.75) is 31.8 Å². The average Bonchev–Trinajstić information content (AvgIpc) is 3.37. The standard InChI is InChI=1S/C25H26N4O5/c1-3-21(23(30)26-13-22-19(24(31)32)12-27-29(22)2)28-25(33)34-14-20-17-10-6-4-8-15(17)16-9-5-7-11-18(16)20/h4-12,20-21H,3,13-14H2,1-2H3,(H,26,30)(H,28,33)(H,31,32). The van der Waals surface area contributed by atoms with Crippen LogP contribution in [0.2, 0.25) is 0 Å². The molecule has 0 aliphatic heterocycles. The minimum absolute atomic E-state index is 0.0142. The molecule has 1 aliphatic rings. The zero-order valence-corrected chi connectivity index (χ0v) is 18.9. The van der Waals surface area contributed by atoms with Crippen LogP contribution in [0.5, 0.6) is 0 Å². The molecule has 1 aliphatic carbocycles. The van der Waals surface area contributed by atoms with E-state index in [0.717, 1.165) is 22.3 Å². The Labute approximate surface area is 196 Å². The van der Waals surface area contributed by atoms with E-state index in [1.807, 2.05) is 36.4 Å². The van der Waals surface area contributed by atoms with Gasteiger partial charge in [0, 0.05) is 13.0 Å². The highest BCUT2D eigenvalue weighted by Crippen LogP contribution is 2.44. The maximum Gasteiger partial charge on any atom is 0.407 e. The van der Waals surface area contributed by atoms with E-state index in [1.54, 1.807) is 14.0 Å². The summed E-state index contributed by atoms with van der Waals surface area (Å²) in [5.41, 5.74) is 4.85. The molecular formula is C25H26N4O5. The third-order valence-corrected chi connectivity index (χ3v) is 6.08. The number of carbonyl (C=O) groups is 3. The van der Waals surface area contributed by atoms with Gasteiger partial charge < -0.3 is 20.5 Å². The predicted octanol–water partition coefficient (Wildman–Crippen LogP) is 3.05. The van der Waals surface area contributed by atoms with Crippen molar-refractivity contribution in [1.82, 2.24) is 20.4 Å². The van der Waals surface area contributed by atoms with Gasteiger partial charge in [0.1, 0.15) is 18.2 Å². The molecule has 1 heterocycles. The third-order valence-electron chi connectivity index (χ3n) is 6.08. The van der Waals surface area contributed by atoms with Crippen molar-refractivity contribution in [3.8, 4) is 11.1 Å². The zero-order chi connectivity index (χ0) is 24.2. The van der Waals surface area contributed by atoms with Crippen molar-refractivity contribution in [2.75, 3.05) is 6.61 Å². The van der Waals surface area contributed by atoms with E-state index < -0.39 is 24.0 Å². The van der Waals surface area contributed by atoms with Gasteiger partial charge in [-0.05, 0) is 28.7 Å². The number of hydrogen-bond acceptors (Lipinski definition) is 5. The molecule has 0 radical (unpaired) electrons. The molecule has 4 rings (SSSR count). The molecule has 0 saturated heterocycles. The molecule has 3 aromatic rings. The maximum atomic E-state index is 12.6. The SMILES string of the molecule is CCC(NC(=O)OCC1c2ccccc2-c2ccccc21)C(=O)NCc1c(C(=O)O)cnn1C. The van der Waals surface area contributed by atoms with Crippen LogP contribution in [-0.2, 0) is 23.1 Å². The van der Waals surface area contributed by atoms with Crippen molar-refractivity contribution < 1.29 is 24.2 Å². The topological polar surface area (TPSA) is 123 Å². The van der Waals surface area contributed by atoms with Gasteiger partial charge in [0.25, 0.3) is 0 Å². The predicted molar refractivity (Wildman–Crippen MR) is 124 cm³/mol. The molecule has 1 atom stereocenters. The van der Waals surface area contributed by atoms with Gasteiger partial charge in [0.15, 0.2) is 0 Å². The van der Waals surface area contributed by atoms with Gasteiger partial charge in [-0.2, -0.15) is 5.10 Å². The number of nitrogens with zero attached hydrogens (tertiary/aromatic N) is 2. The molecule has 0 fully saturated rings. The fraction of sp³-hybridized carbons (Fsp3) is 0.280. The van der Waals surface area contributed by atoms with Crippen LogP contribution in [0.3, 0.4) is 0 Å². The number of nitrogens with one attached hydrogen (secondary N) is 2. The lowest BCUT2D eigenvalue weighted by molar-refractivity contribution is -0.123. The van der Waals surface area contributed by atoms with Crippen molar-refractivity contribution in [3.05, 3.63) is 77.1 Å². The number of aromatic nitrogens is 2. The van der Waals surface area contributed by atoms with Gasteiger partial charge >= 0.3 is 12.1 Å². The first-order valence-corrected chi connectivity index (χ1v) is 11.0. The highest BCUT2D eigenvalue weighted by Gasteiger charge is 2.29. The molecule has 9 nitrogen and oxygen atoms in total. The molecule has 1 unspecified atom stereocenters. The number of fused-ring (bicyclic) bond motifs is 3. The fourth-order valence-electron chi connectivity index (χ4n) is 4.28. The first-order valence-electron chi connectivity index (χ1n) is 11.0. The lowest BCUT2D eigenvalue weighted by Crippen LogP contribution is -2.46. The van der Waals surface area contributed by atoms with Gasteiger partial charge in [-0.15, -0.1) is 0 Å². The Kier molecular flexibility index (Phi) is 6.62. The van der Waals surface area contributed by atoms with E-state index in [-0.39, 0.29) is 24.6 Å². The highest BCUT2D eigenvalue weighted by atomic mass is 16.5. The lowest BCUT2D eigenvalue weighted by atomic mass is 9.98. The van der Waals surface area contributed by atoms with Crippen molar-refractivity contribution in [1.29, 1.82) is 0 Å². The first kappa shape index (κ1) is 23.0. The van der Waals surface area contributed by atoms with E-state index in [2.05, 4.69) is 27.9 Å². The number of aryl methyl sites for hydroxylation is 1. The number of rotatable bonds is 8. The van der Waals surface area contributed by atoms with Gasteiger partial charge in [-0.3, -0.25) is 9.48 Å². The Morgan fingerprint density at radius 1 is 1.09 bits per heavy atom. The number of hydrogen-bond donors (Lipinski definition) is 3. The smallest absolute Gasteiger partial charge is 0.407 e. The number of aromatic carboxylic acids is 1. The number of carboxylic acid groups (broad SMARTS) is 1. The summed E-state index contributed by atoms with van der Waals surface area (Å²) in [6.07, 6.45) is 0.888. The molecule has 176 valence electrons. The number of benzene rings is 2. The van der Waals surface area contributed by atoms with E-state index in [1.165, 1.54) is 10.9 Å². The summed E-state index contributed by atoms with van der Waals surface area (Å²) in [6.45, 7) is 1.88.